The minimum atomic E-state index is -0.0495. The summed E-state index contributed by atoms with van der Waals surface area (Å²) in [6, 6.07) is 0.396. The average Bonchev–Trinajstić information content (AvgIpc) is 2.91. The summed E-state index contributed by atoms with van der Waals surface area (Å²) in [5.41, 5.74) is 1.25. The molecule has 1 N–H and O–H groups in total. The molecule has 21 heavy (non-hydrogen) atoms. The molecule has 0 aliphatic carbocycles. The van der Waals surface area contributed by atoms with E-state index in [4.69, 9.17) is 4.74 Å². The number of aromatic nitrogens is 2. The average molecular weight is 295 g/mol. The number of ether oxygens (including phenoxy) is 1. The van der Waals surface area contributed by atoms with Crippen LogP contribution in [0.4, 0.5) is 0 Å². The molecule has 0 bridgehead atoms. The molecule has 1 aromatic rings. The molecular weight excluding hydrogens is 262 g/mol. The lowest BCUT2D eigenvalue weighted by Gasteiger charge is -2.40. The van der Waals surface area contributed by atoms with Crippen LogP contribution in [0.2, 0.25) is 0 Å². The van der Waals surface area contributed by atoms with Gasteiger partial charge in [-0.2, -0.15) is 5.10 Å². The lowest BCUT2D eigenvalue weighted by atomic mass is 9.84. The Balaban J connectivity index is 2.76. The van der Waals surface area contributed by atoms with Crippen molar-refractivity contribution in [3.05, 3.63) is 18.0 Å². The molecule has 0 aromatic carbocycles. The molecule has 0 radical (unpaired) electrons. The van der Waals surface area contributed by atoms with Gasteiger partial charge in [-0.05, 0) is 51.1 Å². The fourth-order valence-corrected chi connectivity index (χ4v) is 3.12. The van der Waals surface area contributed by atoms with E-state index in [2.05, 4.69) is 44.3 Å². The Labute approximate surface area is 130 Å². The Morgan fingerprint density at radius 3 is 2.48 bits per heavy atom. The molecule has 0 amide bonds. The number of nitrogens with zero attached hydrogens (tertiary/aromatic N) is 2. The van der Waals surface area contributed by atoms with Crippen LogP contribution in [-0.2, 0) is 18.2 Å². The van der Waals surface area contributed by atoms with E-state index in [0.717, 1.165) is 45.3 Å². The van der Waals surface area contributed by atoms with Gasteiger partial charge >= 0.3 is 0 Å². The number of hydrogen-bond donors (Lipinski definition) is 1. The molecule has 0 aliphatic rings. The van der Waals surface area contributed by atoms with E-state index < -0.39 is 0 Å². The van der Waals surface area contributed by atoms with Crippen molar-refractivity contribution in [1.29, 1.82) is 0 Å². The Morgan fingerprint density at radius 2 is 2.00 bits per heavy atom. The molecule has 0 saturated heterocycles. The highest BCUT2D eigenvalue weighted by molar-refractivity contribution is 5.05. The van der Waals surface area contributed by atoms with Gasteiger partial charge in [-0.15, -0.1) is 0 Å². The summed E-state index contributed by atoms with van der Waals surface area (Å²) in [5, 5.41) is 7.98. The van der Waals surface area contributed by atoms with Crippen LogP contribution < -0.4 is 5.32 Å². The van der Waals surface area contributed by atoms with Gasteiger partial charge in [-0.1, -0.05) is 20.8 Å². The smallest absolute Gasteiger partial charge is 0.0829 e. The van der Waals surface area contributed by atoms with Gasteiger partial charge in [0.05, 0.1) is 11.8 Å². The van der Waals surface area contributed by atoms with Gasteiger partial charge < -0.3 is 10.1 Å². The third kappa shape index (κ3) is 5.11. The highest BCUT2D eigenvalue weighted by atomic mass is 16.5. The molecule has 0 aliphatic heterocycles. The summed E-state index contributed by atoms with van der Waals surface area (Å²) >= 11 is 0. The highest BCUT2D eigenvalue weighted by Gasteiger charge is 2.35. The standard InChI is InChI=1S/C17H33N3O/c1-6-12-18-16(17(7-2,8-3)21-9-4)11-10-15-13-19-20(5)14-15/h13-14,16,18H,6-12H2,1-5H3. The first-order chi connectivity index (χ1) is 10.1. The quantitative estimate of drug-likeness (QED) is 0.680. The van der Waals surface area contributed by atoms with Crippen molar-refractivity contribution >= 4 is 0 Å². The van der Waals surface area contributed by atoms with E-state index in [-0.39, 0.29) is 5.60 Å². The normalized spacial score (nSPS) is 13.6. The molecular formula is C17H33N3O. The lowest BCUT2D eigenvalue weighted by Crippen LogP contribution is -2.52. The summed E-state index contributed by atoms with van der Waals surface area (Å²) in [6.07, 6.45) is 9.46. The summed E-state index contributed by atoms with van der Waals surface area (Å²) in [5.74, 6) is 0. The van der Waals surface area contributed by atoms with Crippen molar-refractivity contribution in [3.63, 3.8) is 0 Å². The molecule has 0 spiro atoms. The summed E-state index contributed by atoms with van der Waals surface area (Å²) in [6.45, 7) is 10.6. The molecule has 1 aromatic heterocycles. The van der Waals surface area contributed by atoms with Gasteiger partial charge in [0, 0.05) is 25.9 Å². The van der Waals surface area contributed by atoms with Crippen LogP contribution in [0.25, 0.3) is 0 Å². The van der Waals surface area contributed by atoms with E-state index in [1.165, 1.54) is 5.56 Å². The van der Waals surface area contributed by atoms with Gasteiger partial charge in [-0.3, -0.25) is 4.68 Å². The second-order valence-corrected chi connectivity index (χ2v) is 5.77. The summed E-state index contributed by atoms with van der Waals surface area (Å²) in [7, 11) is 1.97. The number of hydrogen-bond acceptors (Lipinski definition) is 3. The molecule has 4 heteroatoms. The van der Waals surface area contributed by atoms with Gasteiger partial charge in [-0.25, -0.2) is 0 Å². The minimum absolute atomic E-state index is 0.0495. The second kappa shape index (κ2) is 9.21. The molecule has 4 nitrogen and oxygen atoms in total. The van der Waals surface area contributed by atoms with Gasteiger partial charge in [0.1, 0.15) is 0 Å². The van der Waals surface area contributed by atoms with Gasteiger partial charge in [0.25, 0.3) is 0 Å². The molecule has 1 rings (SSSR count). The van der Waals surface area contributed by atoms with E-state index in [9.17, 15) is 0 Å². The number of nitrogens with one attached hydrogen (secondary N) is 1. The molecule has 122 valence electrons. The van der Waals surface area contributed by atoms with Gasteiger partial charge in [0.2, 0.25) is 0 Å². The third-order valence-electron chi connectivity index (χ3n) is 4.38. The van der Waals surface area contributed by atoms with Crippen molar-refractivity contribution in [2.75, 3.05) is 13.2 Å². The highest BCUT2D eigenvalue weighted by Crippen LogP contribution is 2.28. The monoisotopic (exact) mass is 295 g/mol. The Bertz CT molecular complexity index is 385. The predicted molar refractivity (Wildman–Crippen MR) is 88.5 cm³/mol. The van der Waals surface area contributed by atoms with E-state index in [1.807, 2.05) is 17.9 Å². The minimum Gasteiger partial charge on any atom is -0.374 e. The lowest BCUT2D eigenvalue weighted by molar-refractivity contribution is -0.0736. The maximum absolute atomic E-state index is 6.20. The maximum atomic E-state index is 6.20. The van der Waals surface area contributed by atoms with Crippen LogP contribution in [0.1, 0.15) is 58.9 Å². The largest absolute Gasteiger partial charge is 0.374 e. The third-order valence-corrected chi connectivity index (χ3v) is 4.38. The number of rotatable bonds is 11. The van der Waals surface area contributed by atoms with Crippen molar-refractivity contribution in [3.8, 4) is 0 Å². The van der Waals surface area contributed by atoms with E-state index in [0.29, 0.717) is 6.04 Å². The van der Waals surface area contributed by atoms with E-state index in [1.54, 1.807) is 0 Å². The van der Waals surface area contributed by atoms with Crippen LogP contribution in [0.3, 0.4) is 0 Å². The van der Waals surface area contributed by atoms with Gasteiger partial charge in [0.15, 0.2) is 0 Å². The fraction of sp³-hybridized carbons (Fsp3) is 0.824. The van der Waals surface area contributed by atoms with Crippen molar-refractivity contribution in [2.45, 2.75) is 71.4 Å². The van der Waals surface area contributed by atoms with Crippen LogP contribution in [-0.4, -0.2) is 34.6 Å². The molecule has 1 unspecified atom stereocenters. The Morgan fingerprint density at radius 1 is 1.29 bits per heavy atom. The summed E-state index contributed by atoms with van der Waals surface area (Å²) in [4.78, 5) is 0. The second-order valence-electron chi connectivity index (χ2n) is 5.77. The zero-order chi connectivity index (χ0) is 15.7. The van der Waals surface area contributed by atoms with Crippen molar-refractivity contribution in [2.24, 2.45) is 7.05 Å². The van der Waals surface area contributed by atoms with Crippen LogP contribution in [0.15, 0.2) is 12.4 Å². The van der Waals surface area contributed by atoms with Crippen LogP contribution >= 0.6 is 0 Å². The zero-order valence-corrected chi connectivity index (χ0v) is 14.5. The number of aryl methyl sites for hydroxylation is 2. The van der Waals surface area contributed by atoms with Crippen LogP contribution in [0.5, 0.6) is 0 Å². The topological polar surface area (TPSA) is 39.1 Å². The van der Waals surface area contributed by atoms with E-state index >= 15 is 0 Å². The predicted octanol–water partition coefficient (Wildman–Crippen LogP) is 3.32. The molecule has 1 heterocycles. The van der Waals surface area contributed by atoms with Crippen molar-refractivity contribution in [1.82, 2.24) is 15.1 Å². The SMILES string of the molecule is CCCNC(CCc1cnn(C)c1)C(CC)(CC)OCC. The first-order valence-corrected chi connectivity index (χ1v) is 8.46. The van der Waals surface area contributed by atoms with Crippen molar-refractivity contribution < 1.29 is 4.74 Å². The maximum Gasteiger partial charge on any atom is 0.0829 e. The first-order valence-electron chi connectivity index (χ1n) is 8.46. The Kier molecular flexibility index (Phi) is 7.97. The first kappa shape index (κ1) is 18.2. The molecule has 1 atom stereocenters. The fourth-order valence-electron chi connectivity index (χ4n) is 3.12. The Hall–Kier alpha value is -0.870. The summed E-state index contributed by atoms with van der Waals surface area (Å²) < 4.78 is 8.07. The molecule has 0 fully saturated rings. The molecule has 0 saturated carbocycles. The van der Waals surface area contributed by atoms with Crippen LogP contribution in [0, 0.1) is 0 Å². The zero-order valence-electron chi connectivity index (χ0n) is 14.5.